The average molecular weight is 288 g/mol. The Labute approximate surface area is 105 Å². The van der Waals surface area contributed by atoms with E-state index in [2.05, 4.69) is 32.8 Å². The Bertz CT molecular complexity index is 320. The summed E-state index contributed by atoms with van der Waals surface area (Å²) in [6.07, 6.45) is 7.68. The van der Waals surface area contributed by atoms with Crippen LogP contribution in [0.2, 0.25) is 0 Å². The normalized spacial score (nSPS) is 10.4. The van der Waals surface area contributed by atoms with Gasteiger partial charge < -0.3 is 10.5 Å². The van der Waals surface area contributed by atoms with E-state index in [4.69, 9.17) is 10.5 Å². The minimum Gasteiger partial charge on any atom is -0.477 e. The van der Waals surface area contributed by atoms with Crippen molar-refractivity contribution in [2.24, 2.45) is 0 Å². The Morgan fingerprint density at radius 3 is 2.81 bits per heavy atom. The number of hydrogen-bond donors (Lipinski definition) is 1. The molecule has 1 aromatic rings. The number of nitrogens with two attached hydrogens (primary N) is 1. The molecule has 0 unspecified atom stereocenters. The van der Waals surface area contributed by atoms with Crippen LogP contribution in [0.3, 0.4) is 0 Å². The van der Waals surface area contributed by atoms with Crippen LogP contribution < -0.4 is 10.5 Å². The summed E-state index contributed by atoms with van der Waals surface area (Å²) >= 11 is 3.32. The molecule has 0 saturated carbocycles. The molecule has 0 bridgehead atoms. The minimum atomic E-state index is 0.240. The number of halogens is 1. The third kappa shape index (κ3) is 4.79. The Hall–Kier alpha value is -0.840. The first-order valence-electron chi connectivity index (χ1n) is 5.65. The van der Waals surface area contributed by atoms with Gasteiger partial charge in [-0.05, 0) is 22.4 Å². The van der Waals surface area contributed by atoms with Gasteiger partial charge in [0.2, 0.25) is 11.8 Å². The van der Waals surface area contributed by atoms with Gasteiger partial charge in [-0.1, -0.05) is 32.6 Å². The maximum absolute atomic E-state index is 5.52. The van der Waals surface area contributed by atoms with E-state index in [1.165, 1.54) is 25.7 Å². The highest BCUT2D eigenvalue weighted by Crippen LogP contribution is 2.21. The van der Waals surface area contributed by atoms with E-state index in [1.807, 2.05) is 0 Å². The van der Waals surface area contributed by atoms with E-state index < -0.39 is 0 Å². The molecule has 0 fully saturated rings. The number of nitrogen functional groups attached to an aromatic ring is 1. The first-order valence-corrected chi connectivity index (χ1v) is 6.44. The molecule has 0 aliphatic carbocycles. The van der Waals surface area contributed by atoms with Gasteiger partial charge in [0.25, 0.3) is 0 Å². The number of nitrogens with zero attached hydrogens (tertiary/aromatic N) is 2. The van der Waals surface area contributed by atoms with Crippen molar-refractivity contribution >= 4 is 21.9 Å². The summed E-state index contributed by atoms with van der Waals surface area (Å²) in [6, 6.07) is 0. The zero-order valence-corrected chi connectivity index (χ0v) is 11.2. The van der Waals surface area contributed by atoms with Crippen LogP contribution in [0, 0.1) is 0 Å². The van der Waals surface area contributed by atoms with Gasteiger partial charge in [-0.25, -0.2) is 4.98 Å². The molecule has 1 rings (SSSR count). The van der Waals surface area contributed by atoms with E-state index in [0.29, 0.717) is 12.5 Å². The lowest BCUT2D eigenvalue weighted by Crippen LogP contribution is -2.03. The molecule has 0 saturated heterocycles. The van der Waals surface area contributed by atoms with Crippen molar-refractivity contribution in [1.82, 2.24) is 9.97 Å². The predicted octanol–water partition coefficient (Wildman–Crippen LogP) is 3.17. The van der Waals surface area contributed by atoms with Crippen LogP contribution in [-0.2, 0) is 0 Å². The molecule has 0 spiro atoms. The first-order chi connectivity index (χ1) is 7.74. The van der Waals surface area contributed by atoms with E-state index >= 15 is 0 Å². The number of unbranched alkanes of at least 4 members (excludes halogenated alkanes) is 4. The fourth-order valence-corrected chi connectivity index (χ4v) is 1.65. The predicted molar refractivity (Wildman–Crippen MR) is 68.4 cm³/mol. The van der Waals surface area contributed by atoms with Crippen molar-refractivity contribution < 1.29 is 4.74 Å². The Balaban J connectivity index is 2.23. The zero-order valence-electron chi connectivity index (χ0n) is 9.58. The fourth-order valence-electron chi connectivity index (χ4n) is 1.34. The highest BCUT2D eigenvalue weighted by atomic mass is 79.9. The van der Waals surface area contributed by atoms with Gasteiger partial charge in [0.1, 0.15) is 0 Å². The quantitative estimate of drug-likeness (QED) is 0.783. The number of aromatic nitrogens is 2. The van der Waals surface area contributed by atoms with Crippen LogP contribution in [0.1, 0.15) is 39.0 Å². The van der Waals surface area contributed by atoms with Gasteiger partial charge in [0.15, 0.2) is 0 Å². The van der Waals surface area contributed by atoms with E-state index in [-0.39, 0.29) is 5.95 Å². The molecule has 0 atom stereocenters. The summed E-state index contributed by atoms with van der Waals surface area (Å²) < 4.78 is 6.27. The third-order valence-electron chi connectivity index (χ3n) is 2.22. The average Bonchev–Trinajstić information content (AvgIpc) is 2.28. The second-order valence-corrected chi connectivity index (χ2v) is 4.50. The van der Waals surface area contributed by atoms with Gasteiger partial charge in [-0.15, -0.1) is 0 Å². The van der Waals surface area contributed by atoms with Crippen molar-refractivity contribution in [1.29, 1.82) is 0 Å². The summed E-state index contributed by atoms with van der Waals surface area (Å²) in [5.74, 6) is 0.771. The first kappa shape index (κ1) is 13.2. The second kappa shape index (κ2) is 7.44. The molecule has 4 nitrogen and oxygen atoms in total. The van der Waals surface area contributed by atoms with Gasteiger partial charge in [0, 0.05) is 0 Å². The summed E-state index contributed by atoms with van der Waals surface area (Å²) in [6.45, 7) is 2.88. The number of anilines is 1. The summed E-state index contributed by atoms with van der Waals surface area (Å²) in [5, 5.41) is 0. The Morgan fingerprint density at radius 2 is 2.06 bits per heavy atom. The molecule has 0 aliphatic heterocycles. The number of hydrogen-bond acceptors (Lipinski definition) is 4. The maximum atomic E-state index is 5.52. The fraction of sp³-hybridized carbons (Fsp3) is 0.636. The van der Waals surface area contributed by atoms with E-state index in [0.717, 1.165) is 10.9 Å². The van der Waals surface area contributed by atoms with Gasteiger partial charge in [0.05, 0.1) is 17.3 Å². The molecular weight excluding hydrogens is 270 g/mol. The van der Waals surface area contributed by atoms with Crippen LogP contribution in [0.4, 0.5) is 5.95 Å². The summed E-state index contributed by atoms with van der Waals surface area (Å²) in [4.78, 5) is 7.85. The van der Waals surface area contributed by atoms with E-state index in [9.17, 15) is 0 Å². The van der Waals surface area contributed by atoms with Crippen molar-refractivity contribution in [2.45, 2.75) is 39.0 Å². The Morgan fingerprint density at radius 1 is 1.31 bits per heavy atom. The van der Waals surface area contributed by atoms with Crippen LogP contribution in [0.5, 0.6) is 5.88 Å². The number of rotatable bonds is 7. The lowest BCUT2D eigenvalue weighted by Gasteiger charge is -2.06. The molecule has 5 heteroatoms. The highest BCUT2D eigenvalue weighted by Gasteiger charge is 2.03. The molecule has 2 N–H and O–H groups in total. The minimum absolute atomic E-state index is 0.240. The molecule has 0 radical (unpaired) electrons. The van der Waals surface area contributed by atoms with Crippen LogP contribution >= 0.6 is 15.9 Å². The maximum Gasteiger partial charge on any atom is 0.232 e. The lowest BCUT2D eigenvalue weighted by atomic mass is 10.2. The standard InChI is InChI=1S/C11H18BrN3O/c1-2-3-4-5-6-7-16-10-9(12)8-14-11(13)15-10/h8H,2-7H2,1H3,(H2,13,14,15). The molecular formula is C11H18BrN3O. The van der Waals surface area contributed by atoms with Crippen LogP contribution in [0.25, 0.3) is 0 Å². The summed E-state index contributed by atoms with van der Waals surface area (Å²) in [5.41, 5.74) is 5.47. The van der Waals surface area contributed by atoms with Crippen molar-refractivity contribution in [3.8, 4) is 5.88 Å². The van der Waals surface area contributed by atoms with Gasteiger partial charge in [-0.2, -0.15) is 4.98 Å². The topological polar surface area (TPSA) is 61.0 Å². The monoisotopic (exact) mass is 287 g/mol. The van der Waals surface area contributed by atoms with Crippen LogP contribution in [-0.4, -0.2) is 16.6 Å². The third-order valence-corrected chi connectivity index (χ3v) is 2.76. The van der Waals surface area contributed by atoms with Gasteiger partial charge in [-0.3, -0.25) is 0 Å². The Kier molecular flexibility index (Phi) is 6.15. The van der Waals surface area contributed by atoms with Crippen LogP contribution in [0.15, 0.2) is 10.7 Å². The van der Waals surface area contributed by atoms with Crippen molar-refractivity contribution in [3.05, 3.63) is 10.7 Å². The summed E-state index contributed by atoms with van der Waals surface area (Å²) in [7, 11) is 0. The van der Waals surface area contributed by atoms with Crippen molar-refractivity contribution in [3.63, 3.8) is 0 Å². The molecule has 0 aliphatic rings. The van der Waals surface area contributed by atoms with Crippen molar-refractivity contribution in [2.75, 3.05) is 12.3 Å². The second-order valence-electron chi connectivity index (χ2n) is 3.64. The lowest BCUT2D eigenvalue weighted by molar-refractivity contribution is 0.291. The molecule has 1 aromatic heterocycles. The largest absolute Gasteiger partial charge is 0.477 e. The SMILES string of the molecule is CCCCCCCOc1nc(N)ncc1Br. The molecule has 0 aromatic carbocycles. The zero-order chi connectivity index (χ0) is 11.8. The smallest absolute Gasteiger partial charge is 0.232 e. The molecule has 1 heterocycles. The molecule has 16 heavy (non-hydrogen) atoms. The van der Waals surface area contributed by atoms with Gasteiger partial charge >= 0.3 is 0 Å². The number of ether oxygens (including phenoxy) is 1. The molecule has 90 valence electrons. The molecule has 0 amide bonds. The van der Waals surface area contributed by atoms with E-state index in [1.54, 1.807) is 6.20 Å². The highest BCUT2D eigenvalue weighted by molar-refractivity contribution is 9.10.